The number of rotatable bonds is 3. The molecule has 0 aromatic heterocycles. The van der Waals surface area contributed by atoms with Crippen molar-refractivity contribution in [3.8, 4) is 0 Å². The van der Waals surface area contributed by atoms with Crippen LogP contribution in [-0.4, -0.2) is 41.7 Å². The molecular formula is C12H22N2O2. The maximum absolute atomic E-state index is 10.8. The Kier molecular flexibility index (Phi) is 3.50. The molecule has 3 unspecified atom stereocenters. The predicted molar refractivity (Wildman–Crippen MR) is 62.1 cm³/mol. The molecule has 0 aromatic rings. The van der Waals surface area contributed by atoms with Gasteiger partial charge in [0.1, 0.15) is 6.04 Å². The zero-order valence-electron chi connectivity index (χ0n) is 9.93. The molecular weight excluding hydrogens is 204 g/mol. The van der Waals surface area contributed by atoms with Crippen LogP contribution in [0.25, 0.3) is 0 Å². The van der Waals surface area contributed by atoms with Gasteiger partial charge in [0.2, 0.25) is 0 Å². The zero-order chi connectivity index (χ0) is 11.7. The van der Waals surface area contributed by atoms with Crippen molar-refractivity contribution < 1.29 is 9.90 Å². The first-order valence-electron chi connectivity index (χ1n) is 6.28. The van der Waals surface area contributed by atoms with Gasteiger partial charge in [-0.1, -0.05) is 12.8 Å². The molecule has 0 spiro atoms. The van der Waals surface area contributed by atoms with Gasteiger partial charge in [-0.25, -0.2) is 0 Å². The molecule has 3 N–H and O–H groups in total. The van der Waals surface area contributed by atoms with E-state index in [2.05, 4.69) is 11.9 Å². The van der Waals surface area contributed by atoms with E-state index in [4.69, 9.17) is 10.8 Å². The third kappa shape index (κ3) is 2.23. The Labute approximate surface area is 96.8 Å². The van der Waals surface area contributed by atoms with Crippen LogP contribution in [0.5, 0.6) is 0 Å². The molecule has 2 fully saturated rings. The Bertz CT molecular complexity index is 270. The molecule has 4 atom stereocenters. The van der Waals surface area contributed by atoms with Crippen LogP contribution in [0.2, 0.25) is 0 Å². The zero-order valence-corrected chi connectivity index (χ0v) is 9.93. The fraction of sp³-hybridized carbons (Fsp3) is 0.917. The lowest BCUT2D eigenvalue weighted by atomic mass is 9.77. The molecule has 2 aliphatic rings. The molecule has 1 heterocycles. The summed E-state index contributed by atoms with van der Waals surface area (Å²) >= 11 is 0. The second-order valence-corrected chi connectivity index (χ2v) is 5.40. The Morgan fingerprint density at radius 2 is 2.19 bits per heavy atom. The summed E-state index contributed by atoms with van der Waals surface area (Å²) in [5.74, 6) is 0.312. The quantitative estimate of drug-likeness (QED) is 0.750. The van der Waals surface area contributed by atoms with Gasteiger partial charge in [0.05, 0.1) is 0 Å². The fourth-order valence-corrected chi connectivity index (χ4v) is 3.55. The molecule has 1 saturated heterocycles. The average molecular weight is 226 g/mol. The van der Waals surface area contributed by atoms with Gasteiger partial charge in [0.15, 0.2) is 0 Å². The Balaban J connectivity index is 1.97. The van der Waals surface area contributed by atoms with Gasteiger partial charge in [-0.2, -0.15) is 0 Å². The van der Waals surface area contributed by atoms with Crippen LogP contribution in [0, 0.1) is 11.8 Å². The van der Waals surface area contributed by atoms with E-state index < -0.39 is 12.0 Å². The number of carbonyl (C=O) groups is 1. The Morgan fingerprint density at radius 3 is 2.88 bits per heavy atom. The van der Waals surface area contributed by atoms with Crippen molar-refractivity contribution >= 4 is 5.97 Å². The summed E-state index contributed by atoms with van der Waals surface area (Å²) in [6, 6.07) is -0.00109. The highest BCUT2D eigenvalue weighted by Gasteiger charge is 2.41. The molecule has 0 aromatic carbocycles. The maximum atomic E-state index is 10.8. The van der Waals surface area contributed by atoms with E-state index in [0.717, 1.165) is 6.54 Å². The highest BCUT2D eigenvalue weighted by molar-refractivity contribution is 5.73. The van der Waals surface area contributed by atoms with Crippen LogP contribution in [0.4, 0.5) is 0 Å². The minimum atomic E-state index is -0.859. The largest absolute Gasteiger partial charge is 0.480 e. The number of nitrogens with zero attached hydrogens (tertiary/aromatic N) is 1. The smallest absolute Gasteiger partial charge is 0.320 e. The second-order valence-electron chi connectivity index (χ2n) is 5.40. The molecule has 1 aliphatic carbocycles. The van der Waals surface area contributed by atoms with E-state index in [-0.39, 0.29) is 0 Å². The molecule has 0 radical (unpaired) electrons. The summed E-state index contributed by atoms with van der Waals surface area (Å²) in [5, 5.41) is 8.87. The maximum Gasteiger partial charge on any atom is 0.320 e. The van der Waals surface area contributed by atoms with Crippen molar-refractivity contribution in [3.05, 3.63) is 0 Å². The standard InChI is InChI=1S/C12H22N2O2/c1-14-7-8(6-10(13)12(15)16)9-4-2-3-5-11(9)14/h8-11H,2-7,13H2,1H3,(H,15,16)/t8?,9?,10-,11?/m0/s1. The molecule has 0 amide bonds. The van der Waals surface area contributed by atoms with Gasteiger partial charge in [0, 0.05) is 12.6 Å². The lowest BCUT2D eigenvalue weighted by Gasteiger charge is -2.31. The minimum Gasteiger partial charge on any atom is -0.480 e. The molecule has 16 heavy (non-hydrogen) atoms. The number of fused-ring (bicyclic) bond motifs is 1. The second kappa shape index (κ2) is 4.72. The normalized spacial score (nSPS) is 37.0. The van der Waals surface area contributed by atoms with Crippen molar-refractivity contribution in [1.82, 2.24) is 4.90 Å². The first-order chi connectivity index (χ1) is 7.59. The number of nitrogens with two attached hydrogens (primary N) is 1. The van der Waals surface area contributed by atoms with Crippen LogP contribution in [0.3, 0.4) is 0 Å². The third-order valence-corrected chi connectivity index (χ3v) is 4.35. The third-order valence-electron chi connectivity index (χ3n) is 4.35. The number of likely N-dealkylation sites (tertiary alicyclic amines) is 1. The highest BCUT2D eigenvalue weighted by Crippen LogP contribution is 2.40. The minimum absolute atomic E-state index is 0.487. The van der Waals surface area contributed by atoms with E-state index in [1.807, 2.05) is 0 Å². The molecule has 4 heteroatoms. The van der Waals surface area contributed by atoms with E-state index in [9.17, 15) is 4.79 Å². The summed E-state index contributed by atoms with van der Waals surface area (Å²) in [6.45, 7) is 1.02. The van der Waals surface area contributed by atoms with E-state index in [1.165, 1.54) is 25.7 Å². The van der Waals surface area contributed by atoms with Gasteiger partial charge in [0.25, 0.3) is 0 Å². The molecule has 2 rings (SSSR count). The van der Waals surface area contributed by atoms with Gasteiger partial charge in [-0.15, -0.1) is 0 Å². The first kappa shape index (κ1) is 11.9. The number of hydrogen-bond donors (Lipinski definition) is 2. The van der Waals surface area contributed by atoms with E-state index in [0.29, 0.717) is 24.3 Å². The molecule has 1 aliphatic heterocycles. The number of carboxylic acids is 1. The fourth-order valence-electron chi connectivity index (χ4n) is 3.55. The van der Waals surface area contributed by atoms with Gasteiger partial charge in [-0.3, -0.25) is 4.79 Å². The van der Waals surface area contributed by atoms with Crippen molar-refractivity contribution in [2.75, 3.05) is 13.6 Å². The van der Waals surface area contributed by atoms with Crippen LogP contribution in [0.1, 0.15) is 32.1 Å². The van der Waals surface area contributed by atoms with Crippen LogP contribution >= 0.6 is 0 Å². The molecule has 4 nitrogen and oxygen atoms in total. The number of carboxylic acid groups (broad SMARTS) is 1. The first-order valence-corrected chi connectivity index (χ1v) is 6.28. The van der Waals surface area contributed by atoms with E-state index >= 15 is 0 Å². The van der Waals surface area contributed by atoms with Gasteiger partial charge in [-0.05, 0) is 38.1 Å². The molecule has 0 bridgehead atoms. The van der Waals surface area contributed by atoms with Crippen LogP contribution in [-0.2, 0) is 4.79 Å². The average Bonchev–Trinajstić information content (AvgIpc) is 2.57. The van der Waals surface area contributed by atoms with Crippen molar-refractivity contribution in [3.63, 3.8) is 0 Å². The van der Waals surface area contributed by atoms with Gasteiger partial charge < -0.3 is 15.7 Å². The molecule has 1 saturated carbocycles. The Hall–Kier alpha value is -0.610. The SMILES string of the molecule is CN1CC(C[C@H](N)C(=O)O)C2CCCCC21. The highest BCUT2D eigenvalue weighted by atomic mass is 16.4. The summed E-state index contributed by atoms with van der Waals surface area (Å²) < 4.78 is 0. The number of aliphatic carboxylic acids is 1. The Morgan fingerprint density at radius 1 is 1.50 bits per heavy atom. The van der Waals surface area contributed by atoms with Crippen molar-refractivity contribution in [2.24, 2.45) is 17.6 Å². The number of hydrogen-bond acceptors (Lipinski definition) is 3. The summed E-state index contributed by atoms with van der Waals surface area (Å²) in [6.07, 6.45) is 5.80. The summed E-state index contributed by atoms with van der Waals surface area (Å²) in [5.41, 5.74) is 5.65. The van der Waals surface area contributed by atoms with Crippen LogP contribution in [0.15, 0.2) is 0 Å². The van der Waals surface area contributed by atoms with Gasteiger partial charge >= 0.3 is 5.97 Å². The van der Waals surface area contributed by atoms with Crippen molar-refractivity contribution in [1.29, 1.82) is 0 Å². The lowest BCUT2D eigenvalue weighted by Crippen LogP contribution is -2.35. The topological polar surface area (TPSA) is 66.6 Å². The predicted octanol–water partition coefficient (Wildman–Crippen LogP) is 0.909. The summed E-state index contributed by atoms with van der Waals surface area (Å²) in [4.78, 5) is 13.2. The monoisotopic (exact) mass is 226 g/mol. The lowest BCUT2D eigenvalue weighted by molar-refractivity contribution is -0.139. The van der Waals surface area contributed by atoms with E-state index in [1.54, 1.807) is 0 Å². The molecule has 92 valence electrons. The van der Waals surface area contributed by atoms with Crippen LogP contribution < -0.4 is 5.73 Å². The van der Waals surface area contributed by atoms with Crippen molar-refractivity contribution in [2.45, 2.75) is 44.2 Å². The summed E-state index contributed by atoms with van der Waals surface area (Å²) in [7, 11) is 2.16.